The molecule has 0 radical (unpaired) electrons. The molecule has 2 rings (SSSR count). The summed E-state index contributed by atoms with van der Waals surface area (Å²) in [6, 6.07) is 9.22. The second kappa shape index (κ2) is 5.60. The SMILES string of the molecule is CCC[C@@H](N)C(=O)Nc1cnc2ccccc2c1. The average molecular weight is 243 g/mol. The number of rotatable bonds is 4. The fraction of sp³-hybridized carbons (Fsp3) is 0.286. The quantitative estimate of drug-likeness (QED) is 0.865. The Kier molecular flexibility index (Phi) is 3.89. The number of para-hydroxylation sites is 1. The molecule has 1 aromatic heterocycles. The third-order valence-electron chi connectivity index (χ3n) is 2.79. The van der Waals surface area contributed by atoms with Gasteiger partial charge in [0.2, 0.25) is 5.91 Å². The molecule has 4 nitrogen and oxygen atoms in total. The number of carbonyl (C=O) groups is 1. The third kappa shape index (κ3) is 2.84. The van der Waals surface area contributed by atoms with Gasteiger partial charge in [-0.1, -0.05) is 31.5 Å². The largest absolute Gasteiger partial charge is 0.323 e. The number of benzene rings is 1. The lowest BCUT2D eigenvalue weighted by atomic mass is 10.1. The molecule has 0 fully saturated rings. The molecule has 3 N–H and O–H groups in total. The molecule has 0 unspecified atom stereocenters. The van der Waals surface area contributed by atoms with Gasteiger partial charge in [-0.15, -0.1) is 0 Å². The van der Waals surface area contributed by atoms with Crippen LogP contribution in [0, 0.1) is 0 Å². The van der Waals surface area contributed by atoms with Crippen molar-refractivity contribution in [2.45, 2.75) is 25.8 Å². The number of fused-ring (bicyclic) bond motifs is 1. The van der Waals surface area contributed by atoms with Gasteiger partial charge in [-0.05, 0) is 18.6 Å². The average Bonchev–Trinajstić information content (AvgIpc) is 2.39. The summed E-state index contributed by atoms with van der Waals surface area (Å²) in [6.07, 6.45) is 3.23. The zero-order valence-electron chi connectivity index (χ0n) is 10.4. The number of hydrogen-bond donors (Lipinski definition) is 2. The van der Waals surface area contributed by atoms with E-state index in [1.165, 1.54) is 0 Å². The van der Waals surface area contributed by atoms with Gasteiger partial charge in [0.25, 0.3) is 0 Å². The minimum atomic E-state index is -0.457. The molecule has 1 atom stereocenters. The molecule has 1 aromatic carbocycles. The number of amides is 1. The number of nitrogens with zero attached hydrogens (tertiary/aromatic N) is 1. The van der Waals surface area contributed by atoms with Gasteiger partial charge >= 0.3 is 0 Å². The molecule has 0 aliphatic heterocycles. The molecule has 0 saturated carbocycles. The normalized spacial score (nSPS) is 12.3. The molecule has 0 bridgehead atoms. The Bertz CT molecular complexity index is 553. The van der Waals surface area contributed by atoms with Gasteiger partial charge in [0.1, 0.15) is 0 Å². The van der Waals surface area contributed by atoms with E-state index in [4.69, 9.17) is 5.73 Å². The smallest absolute Gasteiger partial charge is 0.241 e. The Labute approximate surface area is 106 Å². The maximum Gasteiger partial charge on any atom is 0.241 e. The highest BCUT2D eigenvalue weighted by molar-refractivity contribution is 5.96. The van der Waals surface area contributed by atoms with Crippen molar-refractivity contribution in [2.75, 3.05) is 5.32 Å². The van der Waals surface area contributed by atoms with E-state index in [0.717, 1.165) is 17.3 Å². The van der Waals surface area contributed by atoms with Crippen molar-refractivity contribution < 1.29 is 4.79 Å². The Morgan fingerprint density at radius 1 is 1.44 bits per heavy atom. The van der Waals surface area contributed by atoms with Gasteiger partial charge in [-0.2, -0.15) is 0 Å². The van der Waals surface area contributed by atoms with E-state index < -0.39 is 6.04 Å². The van der Waals surface area contributed by atoms with Gasteiger partial charge in [-0.25, -0.2) is 0 Å². The number of anilines is 1. The van der Waals surface area contributed by atoms with Crippen LogP contribution in [-0.2, 0) is 4.79 Å². The molecular weight excluding hydrogens is 226 g/mol. The topological polar surface area (TPSA) is 68.0 Å². The Balaban J connectivity index is 2.14. The van der Waals surface area contributed by atoms with E-state index in [1.807, 2.05) is 37.3 Å². The molecular formula is C14H17N3O. The molecule has 0 aliphatic carbocycles. The summed E-state index contributed by atoms with van der Waals surface area (Å²) in [4.78, 5) is 16.1. The summed E-state index contributed by atoms with van der Waals surface area (Å²) in [5, 5.41) is 3.79. The van der Waals surface area contributed by atoms with Crippen LogP contribution in [0.5, 0.6) is 0 Å². The lowest BCUT2D eigenvalue weighted by Crippen LogP contribution is -2.35. The van der Waals surface area contributed by atoms with E-state index >= 15 is 0 Å². The van der Waals surface area contributed by atoms with Crippen LogP contribution in [0.4, 0.5) is 5.69 Å². The monoisotopic (exact) mass is 243 g/mol. The van der Waals surface area contributed by atoms with E-state index in [0.29, 0.717) is 12.1 Å². The minimum Gasteiger partial charge on any atom is -0.323 e. The molecule has 0 spiro atoms. The third-order valence-corrected chi connectivity index (χ3v) is 2.79. The van der Waals surface area contributed by atoms with Crippen molar-refractivity contribution in [1.82, 2.24) is 4.98 Å². The zero-order chi connectivity index (χ0) is 13.0. The summed E-state index contributed by atoms with van der Waals surface area (Å²) >= 11 is 0. The van der Waals surface area contributed by atoms with Crippen molar-refractivity contribution in [1.29, 1.82) is 0 Å². The van der Waals surface area contributed by atoms with Crippen molar-refractivity contribution in [2.24, 2.45) is 5.73 Å². The molecule has 1 heterocycles. The maximum absolute atomic E-state index is 11.8. The van der Waals surface area contributed by atoms with Crippen LogP contribution in [0.25, 0.3) is 10.9 Å². The van der Waals surface area contributed by atoms with Crippen molar-refractivity contribution in [3.8, 4) is 0 Å². The maximum atomic E-state index is 11.8. The van der Waals surface area contributed by atoms with E-state index in [2.05, 4.69) is 10.3 Å². The van der Waals surface area contributed by atoms with Crippen LogP contribution in [0.2, 0.25) is 0 Å². The zero-order valence-corrected chi connectivity index (χ0v) is 10.4. The van der Waals surface area contributed by atoms with Crippen LogP contribution in [0.3, 0.4) is 0 Å². The number of hydrogen-bond acceptors (Lipinski definition) is 3. The first-order valence-corrected chi connectivity index (χ1v) is 6.12. The highest BCUT2D eigenvalue weighted by atomic mass is 16.2. The number of pyridine rings is 1. The van der Waals surface area contributed by atoms with Crippen LogP contribution in [-0.4, -0.2) is 16.9 Å². The van der Waals surface area contributed by atoms with E-state index in [1.54, 1.807) is 6.20 Å². The lowest BCUT2D eigenvalue weighted by molar-refractivity contribution is -0.117. The number of nitrogens with two attached hydrogens (primary N) is 1. The Morgan fingerprint density at radius 3 is 3.00 bits per heavy atom. The summed E-state index contributed by atoms with van der Waals surface area (Å²) in [5.41, 5.74) is 7.35. The molecule has 94 valence electrons. The predicted molar refractivity (Wildman–Crippen MR) is 73.3 cm³/mol. The molecule has 0 saturated heterocycles. The standard InChI is InChI=1S/C14H17N3O/c1-2-5-12(15)14(18)17-11-8-10-6-3-4-7-13(10)16-9-11/h3-4,6-9,12H,2,5,15H2,1H3,(H,17,18)/t12-/m1/s1. The summed E-state index contributed by atoms with van der Waals surface area (Å²) in [5.74, 6) is -0.158. The fourth-order valence-corrected chi connectivity index (χ4v) is 1.82. The van der Waals surface area contributed by atoms with Crippen molar-refractivity contribution in [3.63, 3.8) is 0 Å². The second-order valence-corrected chi connectivity index (χ2v) is 4.30. The van der Waals surface area contributed by atoms with Gasteiger partial charge < -0.3 is 11.1 Å². The first kappa shape index (κ1) is 12.5. The first-order valence-electron chi connectivity index (χ1n) is 6.12. The summed E-state index contributed by atoms with van der Waals surface area (Å²) < 4.78 is 0. The second-order valence-electron chi connectivity index (χ2n) is 4.30. The van der Waals surface area contributed by atoms with E-state index in [9.17, 15) is 4.79 Å². The summed E-state index contributed by atoms with van der Waals surface area (Å²) in [7, 11) is 0. The van der Waals surface area contributed by atoms with Crippen LogP contribution < -0.4 is 11.1 Å². The van der Waals surface area contributed by atoms with Gasteiger partial charge in [0, 0.05) is 5.39 Å². The van der Waals surface area contributed by atoms with Crippen LogP contribution >= 0.6 is 0 Å². The van der Waals surface area contributed by atoms with Crippen molar-refractivity contribution in [3.05, 3.63) is 36.5 Å². The minimum absolute atomic E-state index is 0.158. The predicted octanol–water partition coefficient (Wildman–Crippen LogP) is 2.30. The Hall–Kier alpha value is -1.94. The fourth-order valence-electron chi connectivity index (χ4n) is 1.82. The van der Waals surface area contributed by atoms with Gasteiger partial charge in [-0.3, -0.25) is 9.78 Å². The summed E-state index contributed by atoms with van der Waals surface area (Å²) in [6.45, 7) is 2.00. The number of carbonyl (C=O) groups excluding carboxylic acids is 1. The molecule has 4 heteroatoms. The van der Waals surface area contributed by atoms with E-state index in [-0.39, 0.29) is 5.91 Å². The lowest BCUT2D eigenvalue weighted by Gasteiger charge is -2.11. The van der Waals surface area contributed by atoms with Crippen LogP contribution in [0.15, 0.2) is 36.5 Å². The molecule has 18 heavy (non-hydrogen) atoms. The van der Waals surface area contributed by atoms with Crippen LogP contribution in [0.1, 0.15) is 19.8 Å². The highest BCUT2D eigenvalue weighted by Gasteiger charge is 2.12. The highest BCUT2D eigenvalue weighted by Crippen LogP contribution is 2.16. The molecule has 1 amide bonds. The first-order chi connectivity index (χ1) is 8.70. The number of aromatic nitrogens is 1. The molecule has 2 aromatic rings. The number of nitrogens with one attached hydrogen (secondary N) is 1. The van der Waals surface area contributed by atoms with Gasteiger partial charge in [0.15, 0.2) is 0 Å². The van der Waals surface area contributed by atoms with Crippen molar-refractivity contribution >= 4 is 22.5 Å². The Morgan fingerprint density at radius 2 is 2.22 bits per heavy atom. The van der Waals surface area contributed by atoms with Gasteiger partial charge in [0.05, 0.1) is 23.4 Å². The molecule has 0 aliphatic rings.